The van der Waals surface area contributed by atoms with Crippen LogP contribution in [0.5, 0.6) is 0 Å². The van der Waals surface area contributed by atoms with Crippen molar-refractivity contribution in [2.45, 2.75) is 37.4 Å². The standard InChI is InChI=1S/C15H18F3N3.HI/c16-15(17,18)12-4-2-10(3-5-12)11-8-13(9-11)21-14-19-6-1-7-20-14;/h2-5,11,13H,1,6-9H2,(H2,19,20,21);1H. The molecular formula is C15H19F3IN3. The van der Waals surface area contributed by atoms with Gasteiger partial charge in [0.1, 0.15) is 0 Å². The first-order valence-corrected chi connectivity index (χ1v) is 7.24. The Morgan fingerprint density at radius 1 is 1.14 bits per heavy atom. The number of guanidine groups is 1. The van der Waals surface area contributed by atoms with Crippen molar-refractivity contribution in [3.05, 3.63) is 35.4 Å². The fourth-order valence-electron chi connectivity index (χ4n) is 2.77. The molecule has 1 fully saturated rings. The molecule has 0 amide bonds. The third-order valence-corrected chi connectivity index (χ3v) is 4.09. The highest BCUT2D eigenvalue weighted by Crippen LogP contribution is 2.38. The van der Waals surface area contributed by atoms with Crippen molar-refractivity contribution in [1.29, 1.82) is 0 Å². The van der Waals surface area contributed by atoms with Gasteiger partial charge in [0.25, 0.3) is 0 Å². The van der Waals surface area contributed by atoms with Gasteiger partial charge in [-0.25, -0.2) is 0 Å². The summed E-state index contributed by atoms with van der Waals surface area (Å²) >= 11 is 0. The minimum Gasteiger partial charge on any atom is -0.356 e. The molecule has 0 radical (unpaired) electrons. The van der Waals surface area contributed by atoms with Crippen LogP contribution in [-0.2, 0) is 6.18 Å². The number of benzene rings is 1. The topological polar surface area (TPSA) is 36.4 Å². The summed E-state index contributed by atoms with van der Waals surface area (Å²) < 4.78 is 37.5. The summed E-state index contributed by atoms with van der Waals surface area (Å²) in [6, 6.07) is 5.90. The van der Waals surface area contributed by atoms with E-state index in [0.717, 1.165) is 43.9 Å². The highest BCUT2D eigenvalue weighted by Gasteiger charge is 2.33. The van der Waals surface area contributed by atoms with Crippen molar-refractivity contribution >= 4 is 29.9 Å². The predicted molar refractivity (Wildman–Crippen MR) is 90.7 cm³/mol. The second kappa shape index (κ2) is 7.06. The lowest BCUT2D eigenvalue weighted by molar-refractivity contribution is -0.137. The van der Waals surface area contributed by atoms with E-state index in [2.05, 4.69) is 15.6 Å². The van der Waals surface area contributed by atoms with Crippen molar-refractivity contribution in [2.24, 2.45) is 4.99 Å². The van der Waals surface area contributed by atoms with Crippen LogP contribution in [0.3, 0.4) is 0 Å². The van der Waals surface area contributed by atoms with Gasteiger partial charge < -0.3 is 10.6 Å². The molecule has 2 aliphatic rings. The highest BCUT2D eigenvalue weighted by molar-refractivity contribution is 14.0. The molecule has 0 unspecified atom stereocenters. The van der Waals surface area contributed by atoms with Gasteiger partial charge in [-0.05, 0) is 42.9 Å². The molecule has 1 saturated carbocycles. The molecule has 1 aromatic carbocycles. The summed E-state index contributed by atoms with van der Waals surface area (Å²) in [7, 11) is 0. The van der Waals surface area contributed by atoms with Crippen LogP contribution in [0.25, 0.3) is 0 Å². The van der Waals surface area contributed by atoms with Gasteiger partial charge in [-0.2, -0.15) is 13.2 Å². The molecule has 1 heterocycles. The molecule has 22 heavy (non-hydrogen) atoms. The van der Waals surface area contributed by atoms with E-state index in [1.807, 2.05) is 0 Å². The van der Waals surface area contributed by atoms with Crippen LogP contribution in [0, 0.1) is 0 Å². The Balaban J connectivity index is 0.00000176. The number of hydrogen-bond donors (Lipinski definition) is 2. The van der Waals surface area contributed by atoms with Crippen LogP contribution in [0.15, 0.2) is 29.3 Å². The Bertz CT molecular complexity index is 522. The fourth-order valence-corrected chi connectivity index (χ4v) is 2.77. The zero-order chi connectivity index (χ0) is 14.9. The van der Waals surface area contributed by atoms with E-state index in [-0.39, 0.29) is 24.0 Å². The average Bonchev–Trinajstić information content (AvgIpc) is 2.43. The quantitative estimate of drug-likeness (QED) is 0.712. The second-order valence-corrected chi connectivity index (χ2v) is 5.64. The van der Waals surface area contributed by atoms with Crippen molar-refractivity contribution < 1.29 is 13.2 Å². The van der Waals surface area contributed by atoms with Crippen molar-refractivity contribution in [3.63, 3.8) is 0 Å². The van der Waals surface area contributed by atoms with Gasteiger partial charge in [0, 0.05) is 19.1 Å². The van der Waals surface area contributed by atoms with Gasteiger partial charge in [0.2, 0.25) is 0 Å². The molecule has 0 bridgehead atoms. The summed E-state index contributed by atoms with van der Waals surface area (Å²) in [5.41, 5.74) is 0.403. The highest BCUT2D eigenvalue weighted by atomic mass is 127. The van der Waals surface area contributed by atoms with Crippen LogP contribution in [0.1, 0.15) is 36.3 Å². The van der Waals surface area contributed by atoms with E-state index in [0.29, 0.717) is 12.0 Å². The Hall–Kier alpha value is -0.990. The maximum Gasteiger partial charge on any atom is 0.416 e. The minimum absolute atomic E-state index is 0. The van der Waals surface area contributed by atoms with Crippen LogP contribution in [0.4, 0.5) is 13.2 Å². The molecule has 2 N–H and O–H groups in total. The number of nitrogens with one attached hydrogen (secondary N) is 2. The molecule has 7 heteroatoms. The number of aliphatic imine (C=N–C) groups is 1. The first-order valence-electron chi connectivity index (χ1n) is 7.24. The number of nitrogens with zero attached hydrogens (tertiary/aromatic N) is 1. The number of alkyl halides is 3. The predicted octanol–water partition coefficient (Wildman–Crippen LogP) is 3.51. The molecule has 1 aromatic rings. The molecule has 1 aliphatic carbocycles. The smallest absolute Gasteiger partial charge is 0.356 e. The molecule has 1 aliphatic heterocycles. The SMILES string of the molecule is FC(F)(F)c1ccc(C2CC(NC3=NCCCN3)C2)cc1.I. The van der Waals surface area contributed by atoms with Gasteiger partial charge in [0.15, 0.2) is 5.96 Å². The largest absolute Gasteiger partial charge is 0.416 e. The monoisotopic (exact) mass is 425 g/mol. The Morgan fingerprint density at radius 3 is 2.36 bits per heavy atom. The van der Waals surface area contributed by atoms with Crippen LogP contribution >= 0.6 is 24.0 Å². The Morgan fingerprint density at radius 2 is 1.82 bits per heavy atom. The lowest BCUT2D eigenvalue weighted by Crippen LogP contribution is -2.50. The summed E-state index contributed by atoms with van der Waals surface area (Å²) in [5, 5.41) is 6.56. The molecule has 122 valence electrons. The van der Waals surface area contributed by atoms with Gasteiger partial charge in [-0.1, -0.05) is 12.1 Å². The molecule has 3 nitrogen and oxygen atoms in total. The summed E-state index contributed by atoms with van der Waals surface area (Å²) in [6.07, 6.45) is -1.32. The Labute approximate surface area is 144 Å². The van der Waals surface area contributed by atoms with Gasteiger partial charge >= 0.3 is 6.18 Å². The summed E-state index contributed by atoms with van der Waals surface area (Å²) in [4.78, 5) is 4.36. The lowest BCUT2D eigenvalue weighted by Gasteiger charge is -2.37. The van der Waals surface area contributed by atoms with Crippen molar-refractivity contribution in [1.82, 2.24) is 10.6 Å². The van der Waals surface area contributed by atoms with E-state index in [1.165, 1.54) is 12.1 Å². The van der Waals surface area contributed by atoms with Crippen LogP contribution < -0.4 is 10.6 Å². The normalized spacial score (nSPS) is 24.4. The number of hydrogen-bond acceptors (Lipinski definition) is 3. The van der Waals surface area contributed by atoms with E-state index >= 15 is 0 Å². The van der Waals surface area contributed by atoms with Gasteiger partial charge in [-0.3, -0.25) is 4.99 Å². The van der Waals surface area contributed by atoms with E-state index < -0.39 is 11.7 Å². The first kappa shape index (κ1) is 17.4. The fraction of sp³-hybridized carbons (Fsp3) is 0.533. The average molecular weight is 425 g/mol. The lowest BCUT2D eigenvalue weighted by atomic mass is 9.76. The third kappa shape index (κ3) is 4.05. The molecular weight excluding hydrogens is 406 g/mol. The zero-order valence-corrected chi connectivity index (χ0v) is 14.3. The Kier molecular flexibility index (Phi) is 5.57. The zero-order valence-electron chi connectivity index (χ0n) is 12.0. The second-order valence-electron chi connectivity index (χ2n) is 5.64. The summed E-state index contributed by atoms with van der Waals surface area (Å²) in [6.45, 7) is 1.80. The van der Waals surface area contributed by atoms with E-state index in [1.54, 1.807) is 12.1 Å². The maximum absolute atomic E-state index is 12.5. The molecule has 0 aromatic heterocycles. The van der Waals surface area contributed by atoms with Gasteiger partial charge in [-0.15, -0.1) is 24.0 Å². The van der Waals surface area contributed by atoms with Crippen LogP contribution in [0.2, 0.25) is 0 Å². The van der Waals surface area contributed by atoms with Crippen molar-refractivity contribution in [2.75, 3.05) is 13.1 Å². The van der Waals surface area contributed by atoms with E-state index in [4.69, 9.17) is 0 Å². The minimum atomic E-state index is -4.26. The van der Waals surface area contributed by atoms with Gasteiger partial charge in [0.05, 0.1) is 5.56 Å². The van der Waals surface area contributed by atoms with E-state index in [9.17, 15) is 13.2 Å². The third-order valence-electron chi connectivity index (χ3n) is 4.09. The van der Waals surface area contributed by atoms with Crippen LogP contribution in [-0.4, -0.2) is 25.1 Å². The van der Waals surface area contributed by atoms with Crippen molar-refractivity contribution in [3.8, 4) is 0 Å². The molecule has 0 saturated heterocycles. The number of rotatable bonds is 2. The molecule has 0 spiro atoms. The molecule has 3 rings (SSSR count). The molecule has 0 atom stereocenters. The summed E-state index contributed by atoms with van der Waals surface area (Å²) in [5.74, 6) is 1.20. The maximum atomic E-state index is 12.5. The number of halogens is 4. The first-order chi connectivity index (χ1) is 10.0.